The Kier molecular flexibility index (Phi) is 5.11. The third-order valence-corrected chi connectivity index (χ3v) is 7.99. The Morgan fingerprint density at radius 2 is 1.83 bits per heavy atom. The van der Waals surface area contributed by atoms with Crippen LogP contribution in [0.2, 0.25) is 0 Å². The van der Waals surface area contributed by atoms with E-state index >= 15 is 0 Å². The van der Waals surface area contributed by atoms with Gasteiger partial charge in [0.1, 0.15) is 0 Å². The average Bonchev–Trinajstić information content (AvgIpc) is 2.62. The first kappa shape index (κ1) is 17.6. The highest BCUT2D eigenvalue weighted by molar-refractivity contribution is 8.02. The maximum atomic E-state index is 13.4. The Bertz CT molecular complexity index is 610. The lowest BCUT2D eigenvalue weighted by atomic mass is 9.84. The van der Waals surface area contributed by atoms with Crippen molar-refractivity contribution in [2.45, 2.75) is 76.0 Å². The highest BCUT2D eigenvalue weighted by Gasteiger charge is 2.52. The van der Waals surface area contributed by atoms with Gasteiger partial charge >= 0.3 is 0 Å². The molecule has 0 aromatic heterocycles. The summed E-state index contributed by atoms with van der Waals surface area (Å²) in [7, 11) is -3.61. The second-order valence-corrected chi connectivity index (χ2v) is 9.31. The van der Waals surface area contributed by atoms with Crippen LogP contribution in [-0.4, -0.2) is 27.7 Å². The molecule has 3 aliphatic rings. The van der Waals surface area contributed by atoms with E-state index in [1.807, 2.05) is 0 Å². The second kappa shape index (κ2) is 6.96. The first-order valence-electron chi connectivity index (χ1n) is 8.95. The minimum atomic E-state index is -3.61. The van der Waals surface area contributed by atoms with Crippen LogP contribution in [-0.2, 0) is 24.0 Å². The molecular weight excluding hydrogens is 328 g/mol. The summed E-state index contributed by atoms with van der Waals surface area (Å²) in [5, 5.41) is 4.59. The molecule has 0 bridgehead atoms. The predicted octanol–water partition coefficient (Wildman–Crippen LogP) is 1.99. The molecule has 6 nitrogen and oxygen atoms in total. The van der Waals surface area contributed by atoms with Gasteiger partial charge in [0.2, 0.25) is 5.91 Å². The molecule has 0 saturated heterocycles. The van der Waals surface area contributed by atoms with Crippen LogP contribution in [0.4, 0.5) is 0 Å². The fourth-order valence-corrected chi connectivity index (χ4v) is 6.98. The van der Waals surface area contributed by atoms with Crippen molar-refractivity contribution in [3.05, 3.63) is 10.6 Å². The molecule has 2 aliphatic carbocycles. The van der Waals surface area contributed by atoms with Gasteiger partial charge in [0.05, 0.1) is 15.9 Å². The largest absolute Gasteiger partial charge is 0.610 e. The average molecular weight is 354 g/mol. The zero-order chi connectivity index (χ0) is 17.3. The molecule has 1 heterocycles. The van der Waals surface area contributed by atoms with Crippen molar-refractivity contribution >= 4 is 22.0 Å². The first-order chi connectivity index (χ1) is 11.4. The highest BCUT2D eigenvalue weighted by atomic mass is 32.3. The van der Waals surface area contributed by atoms with Crippen molar-refractivity contribution in [3.8, 4) is 0 Å². The quantitative estimate of drug-likeness (QED) is 0.741. The van der Waals surface area contributed by atoms with Gasteiger partial charge in [-0.05, 0) is 32.1 Å². The van der Waals surface area contributed by atoms with Crippen LogP contribution in [0.15, 0.2) is 10.6 Å². The molecule has 134 valence electrons. The van der Waals surface area contributed by atoms with Crippen LogP contribution in [0.5, 0.6) is 0 Å². The molecule has 2 N–H and O–H groups in total. The van der Waals surface area contributed by atoms with E-state index in [0.29, 0.717) is 23.4 Å². The van der Waals surface area contributed by atoms with E-state index in [2.05, 4.69) is 10.6 Å². The zero-order valence-corrected chi connectivity index (χ0v) is 15.0. The second-order valence-electron chi connectivity index (χ2n) is 7.18. The lowest BCUT2D eigenvalue weighted by molar-refractivity contribution is -0.128. The highest BCUT2D eigenvalue weighted by Crippen LogP contribution is 2.42. The minimum Gasteiger partial charge on any atom is -0.610 e. The van der Waals surface area contributed by atoms with Crippen molar-refractivity contribution in [2.24, 2.45) is 5.92 Å². The predicted molar refractivity (Wildman–Crippen MR) is 90.4 cm³/mol. The number of nitrogens with one attached hydrogen (secondary N) is 2. The standard InChI is InChI=1S/C17H26N2O4S/c1-11(20)18-15-16(12-7-3-2-4-8-12)24(22,23)14-10-6-5-9-13(14)19-17(15)21/h12,15-16H,2-10H2,1H3,(H2-,18,19,20,21,22,23). The van der Waals surface area contributed by atoms with Gasteiger partial charge in [-0.25, -0.2) is 0 Å². The zero-order valence-electron chi connectivity index (χ0n) is 14.1. The fraction of sp³-hybridized carbons (Fsp3) is 0.765. The van der Waals surface area contributed by atoms with Gasteiger partial charge in [-0.1, -0.05) is 19.3 Å². The molecule has 1 aliphatic heterocycles. The molecular formula is C17H26N2O4S. The summed E-state index contributed by atoms with van der Waals surface area (Å²) in [5.74, 6) is -0.817. The molecule has 0 aromatic carbocycles. The summed E-state index contributed by atoms with van der Waals surface area (Å²) >= 11 is 0. The van der Waals surface area contributed by atoms with Crippen LogP contribution in [0.3, 0.4) is 0 Å². The minimum absolute atomic E-state index is 0.0693. The summed E-state index contributed by atoms with van der Waals surface area (Å²) < 4.78 is 26.8. The van der Waals surface area contributed by atoms with E-state index in [4.69, 9.17) is 0 Å². The Labute approximate surface area is 144 Å². The Morgan fingerprint density at radius 1 is 1.17 bits per heavy atom. The maximum Gasteiger partial charge on any atom is 0.252 e. The summed E-state index contributed by atoms with van der Waals surface area (Å²) in [4.78, 5) is 24.8. The number of hydrogen-bond acceptors (Lipinski definition) is 4. The van der Waals surface area contributed by atoms with Gasteiger partial charge in [-0.15, -0.1) is 4.21 Å². The Hall–Kier alpha value is -1.21. The van der Waals surface area contributed by atoms with E-state index in [-0.39, 0.29) is 17.7 Å². The maximum absolute atomic E-state index is 13.4. The molecule has 0 radical (unpaired) electrons. The fourth-order valence-electron chi connectivity index (χ4n) is 4.40. The molecule has 1 fully saturated rings. The number of allylic oxidation sites excluding steroid dienone is 2. The van der Waals surface area contributed by atoms with Crippen LogP contribution < -0.4 is 10.6 Å². The van der Waals surface area contributed by atoms with Gasteiger partial charge in [0.15, 0.2) is 16.2 Å². The van der Waals surface area contributed by atoms with Crippen LogP contribution >= 0.6 is 0 Å². The third-order valence-electron chi connectivity index (χ3n) is 5.48. The topological polar surface area (TPSA) is 98.3 Å². The third kappa shape index (κ3) is 3.28. The molecule has 2 amide bonds. The van der Waals surface area contributed by atoms with Crippen LogP contribution in [0, 0.1) is 5.92 Å². The molecule has 24 heavy (non-hydrogen) atoms. The number of carbonyl (C=O) groups is 2. The van der Waals surface area contributed by atoms with Crippen molar-refractivity contribution in [3.63, 3.8) is 0 Å². The van der Waals surface area contributed by atoms with E-state index in [1.165, 1.54) is 6.92 Å². The molecule has 0 spiro atoms. The lowest BCUT2D eigenvalue weighted by Gasteiger charge is -2.36. The van der Waals surface area contributed by atoms with E-state index in [9.17, 15) is 18.4 Å². The molecule has 1 saturated carbocycles. The summed E-state index contributed by atoms with van der Waals surface area (Å²) in [5.41, 5.74) is 0.555. The van der Waals surface area contributed by atoms with Gasteiger partial charge < -0.3 is 15.2 Å². The molecule has 7 heteroatoms. The first-order valence-corrected chi connectivity index (χ1v) is 10.5. The smallest absolute Gasteiger partial charge is 0.252 e. The number of carbonyl (C=O) groups excluding carboxylic acids is 2. The van der Waals surface area contributed by atoms with Crippen LogP contribution in [0.1, 0.15) is 64.7 Å². The monoisotopic (exact) mass is 354 g/mol. The summed E-state index contributed by atoms with van der Waals surface area (Å²) in [6, 6.07) is -0.999. The number of rotatable bonds is 2. The van der Waals surface area contributed by atoms with E-state index < -0.39 is 21.5 Å². The van der Waals surface area contributed by atoms with Crippen molar-refractivity contribution in [1.82, 2.24) is 10.6 Å². The summed E-state index contributed by atoms with van der Waals surface area (Å²) in [6.07, 6.45) is 7.47. The van der Waals surface area contributed by atoms with Gasteiger partial charge in [-0.3, -0.25) is 9.59 Å². The van der Waals surface area contributed by atoms with Gasteiger partial charge in [-0.2, -0.15) is 0 Å². The normalized spacial score (nSPS) is 35.0. The van der Waals surface area contributed by atoms with Crippen molar-refractivity contribution < 1.29 is 18.4 Å². The van der Waals surface area contributed by atoms with Gasteiger partial charge in [0.25, 0.3) is 5.91 Å². The van der Waals surface area contributed by atoms with Crippen molar-refractivity contribution in [2.75, 3.05) is 0 Å². The molecule has 3 atom stereocenters. The molecule has 0 aromatic rings. The van der Waals surface area contributed by atoms with Crippen LogP contribution in [0.25, 0.3) is 0 Å². The van der Waals surface area contributed by atoms with E-state index in [0.717, 1.165) is 44.9 Å². The number of hydrogen-bond donors (Lipinski definition) is 2. The lowest BCUT2D eigenvalue weighted by Crippen LogP contribution is -2.57. The Morgan fingerprint density at radius 3 is 2.50 bits per heavy atom. The molecule has 3 rings (SSSR count). The SMILES string of the molecule is CC(=O)NC1C(=O)NC2=C(CCCC2)[S+](=O)([O-])C1C1CCCCC1. The number of amides is 2. The van der Waals surface area contributed by atoms with E-state index in [1.54, 1.807) is 0 Å². The van der Waals surface area contributed by atoms with Crippen molar-refractivity contribution in [1.29, 1.82) is 0 Å². The number of sulfone groups is 1. The Balaban J connectivity index is 2.05. The molecule has 3 unspecified atom stereocenters. The summed E-state index contributed by atoms with van der Waals surface area (Å²) in [6.45, 7) is 1.33. The van der Waals surface area contributed by atoms with Gasteiger partial charge in [0, 0.05) is 19.3 Å².